The SMILES string of the molecule is CCCOc1ccc(NC2CC(C)OC(C)C2)cc1. The van der Waals surface area contributed by atoms with Crippen LogP contribution in [-0.4, -0.2) is 24.9 Å². The highest BCUT2D eigenvalue weighted by Crippen LogP contribution is 2.23. The van der Waals surface area contributed by atoms with E-state index in [4.69, 9.17) is 9.47 Å². The molecule has 1 heterocycles. The van der Waals surface area contributed by atoms with Gasteiger partial charge in [0.15, 0.2) is 0 Å². The second kappa shape index (κ2) is 6.80. The highest BCUT2D eigenvalue weighted by atomic mass is 16.5. The molecular weight excluding hydrogens is 238 g/mol. The molecule has 106 valence electrons. The van der Waals surface area contributed by atoms with E-state index in [1.165, 1.54) is 0 Å². The zero-order chi connectivity index (χ0) is 13.7. The van der Waals surface area contributed by atoms with Crippen molar-refractivity contribution < 1.29 is 9.47 Å². The predicted molar refractivity (Wildman–Crippen MR) is 78.9 cm³/mol. The summed E-state index contributed by atoms with van der Waals surface area (Å²) in [4.78, 5) is 0. The van der Waals surface area contributed by atoms with Crippen molar-refractivity contribution in [3.63, 3.8) is 0 Å². The molecule has 1 fully saturated rings. The van der Waals surface area contributed by atoms with Crippen LogP contribution in [0.5, 0.6) is 5.75 Å². The van der Waals surface area contributed by atoms with E-state index in [-0.39, 0.29) is 0 Å². The molecule has 1 saturated heterocycles. The molecule has 0 radical (unpaired) electrons. The molecule has 0 aromatic heterocycles. The van der Waals surface area contributed by atoms with Crippen molar-refractivity contribution in [2.45, 2.75) is 58.3 Å². The Kier molecular flexibility index (Phi) is 5.08. The second-order valence-corrected chi connectivity index (χ2v) is 5.44. The lowest BCUT2D eigenvalue weighted by molar-refractivity contribution is -0.0337. The molecule has 2 unspecified atom stereocenters. The Balaban J connectivity index is 1.88. The van der Waals surface area contributed by atoms with Gasteiger partial charge in [0, 0.05) is 11.7 Å². The largest absolute Gasteiger partial charge is 0.494 e. The molecule has 1 aromatic carbocycles. The summed E-state index contributed by atoms with van der Waals surface area (Å²) < 4.78 is 11.3. The van der Waals surface area contributed by atoms with E-state index in [9.17, 15) is 0 Å². The number of hydrogen-bond donors (Lipinski definition) is 1. The lowest BCUT2D eigenvalue weighted by Gasteiger charge is -2.33. The van der Waals surface area contributed by atoms with Gasteiger partial charge >= 0.3 is 0 Å². The maximum absolute atomic E-state index is 5.76. The lowest BCUT2D eigenvalue weighted by Crippen LogP contribution is -2.36. The quantitative estimate of drug-likeness (QED) is 0.875. The Morgan fingerprint density at radius 1 is 1.16 bits per heavy atom. The molecule has 1 aliphatic rings. The van der Waals surface area contributed by atoms with Crippen LogP contribution in [0.15, 0.2) is 24.3 Å². The van der Waals surface area contributed by atoms with Crippen LogP contribution in [-0.2, 0) is 4.74 Å². The summed E-state index contributed by atoms with van der Waals surface area (Å²) in [6.07, 6.45) is 3.86. The van der Waals surface area contributed by atoms with Gasteiger partial charge < -0.3 is 14.8 Å². The highest BCUT2D eigenvalue weighted by Gasteiger charge is 2.24. The fourth-order valence-corrected chi connectivity index (χ4v) is 2.63. The summed E-state index contributed by atoms with van der Waals surface area (Å²) in [6.45, 7) is 7.18. The molecule has 1 aliphatic heterocycles. The second-order valence-electron chi connectivity index (χ2n) is 5.44. The van der Waals surface area contributed by atoms with Gasteiger partial charge in [0.2, 0.25) is 0 Å². The molecule has 0 spiro atoms. The Bertz CT molecular complexity index is 367. The fourth-order valence-electron chi connectivity index (χ4n) is 2.63. The van der Waals surface area contributed by atoms with E-state index < -0.39 is 0 Å². The maximum atomic E-state index is 5.76. The van der Waals surface area contributed by atoms with Crippen molar-refractivity contribution in [3.05, 3.63) is 24.3 Å². The van der Waals surface area contributed by atoms with Crippen LogP contribution in [0.2, 0.25) is 0 Å². The number of benzene rings is 1. The van der Waals surface area contributed by atoms with Gasteiger partial charge in [-0.2, -0.15) is 0 Å². The first-order valence-corrected chi connectivity index (χ1v) is 7.32. The minimum atomic E-state index is 0.341. The van der Waals surface area contributed by atoms with Gasteiger partial charge in [-0.15, -0.1) is 0 Å². The first kappa shape index (κ1) is 14.2. The summed E-state index contributed by atoms with van der Waals surface area (Å²) in [5.74, 6) is 0.945. The summed E-state index contributed by atoms with van der Waals surface area (Å²) in [7, 11) is 0. The van der Waals surface area contributed by atoms with Crippen molar-refractivity contribution >= 4 is 5.69 Å². The maximum Gasteiger partial charge on any atom is 0.119 e. The van der Waals surface area contributed by atoms with E-state index in [1.807, 2.05) is 12.1 Å². The van der Waals surface area contributed by atoms with Crippen molar-refractivity contribution in [2.75, 3.05) is 11.9 Å². The molecular formula is C16H25NO2. The number of anilines is 1. The zero-order valence-corrected chi connectivity index (χ0v) is 12.2. The summed E-state index contributed by atoms with van der Waals surface area (Å²) in [5.41, 5.74) is 1.16. The average Bonchev–Trinajstić information content (AvgIpc) is 2.37. The number of ether oxygens (including phenoxy) is 2. The molecule has 1 aromatic rings. The van der Waals surface area contributed by atoms with Crippen LogP contribution in [0.1, 0.15) is 40.0 Å². The third-order valence-electron chi connectivity index (χ3n) is 3.40. The minimum absolute atomic E-state index is 0.341. The standard InChI is InChI=1S/C16H25NO2/c1-4-9-18-16-7-5-14(6-8-16)17-15-10-12(2)19-13(3)11-15/h5-8,12-13,15,17H,4,9-11H2,1-3H3. The monoisotopic (exact) mass is 263 g/mol. The van der Waals surface area contributed by atoms with Crippen molar-refractivity contribution in [2.24, 2.45) is 0 Å². The molecule has 0 saturated carbocycles. The summed E-state index contributed by atoms with van der Waals surface area (Å²) in [5, 5.41) is 3.59. The molecule has 0 aliphatic carbocycles. The average molecular weight is 263 g/mol. The molecule has 0 bridgehead atoms. The third kappa shape index (κ3) is 4.43. The highest BCUT2D eigenvalue weighted by molar-refractivity contribution is 5.47. The lowest BCUT2D eigenvalue weighted by atomic mass is 9.99. The topological polar surface area (TPSA) is 30.5 Å². The molecule has 0 amide bonds. The Morgan fingerprint density at radius 3 is 2.37 bits per heavy atom. The van der Waals surface area contributed by atoms with Crippen molar-refractivity contribution in [1.82, 2.24) is 0 Å². The van der Waals surface area contributed by atoms with Crippen LogP contribution in [0.4, 0.5) is 5.69 Å². The Labute approximate surface area is 116 Å². The molecule has 3 heteroatoms. The van der Waals surface area contributed by atoms with E-state index >= 15 is 0 Å². The van der Waals surface area contributed by atoms with E-state index in [0.29, 0.717) is 18.2 Å². The fraction of sp³-hybridized carbons (Fsp3) is 0.625. The number of nitrogens with one attached hydrogen (secondary N) is 1. The predicted octanol–water partition coefficient (Wildman–Crippen LogP) is 3.84. The van der Waals surface area contributed by atoms with Gasteiger partial charge in [-0.25, -0.2) is 0 Å². The molecule has 2 atom stereocenters. The molecule has 3 nitrogen and oxygen atoms in total. The van der Waals surface area contributed by atoms with Gasteiger partial charge in [-0.3, -0.25) is 0 Å². The normalized spacial score (nSPS) is 27.0. The van der Waals surface area contributed by atoms with Gasteiger partial charge in [-0.1, -0.05) is 6.92 Å². The number of hydrogen-bond acceptors (Lipinski definition) is 3. The first-order valence-electron chi connectivity index (χ1n) is 7.32. The zero-order valence-electron chi connectivity index (χ0n) is 12.2. The van der Waals surface area contributed by atoms with Crippen LogP contribution in [0.3, 0.4) is 0 Å². The van der Waals surface area contributed by atoms with Crippen LogP contribution >= 0.6 is 0 Å². The van der Waals surface area contributed by atoms with Gasteiger partial charge in [-0.05, 0) is 57.4 Å². The van der Waals surface area contributed by atoms with Gasteiger partial charge in [0.1, 0.15) is 5.75 Å². The molecule has 2 rings (SSSR count). The summed E-state index contributed by atoms with van der Waals surface area (Å²) >= 11 is 0. The van der Waals surface area contributed by atoms with Crippen molar-refractivity contribution in [3.8, 4) is 5.75 Å². The molecule has 1 N–H and O–H groups in total. The van der Waals surface area contributed by atoms with E-state index in [2.05, 4.69) is 38.2 Å². The van der Waals surface area contributed by atoms with Crippen LogP contribution in [0.25, 0.3) is 0 Å². The van der Waals surface area contributed by atoms with Gasteiger partial charge in [0.25, 0.3) is 0 Å². The van der Waals surface area contributed by atoms with Crippen molar-refractivity contribution in [1.29, 1.82) is 0 Å². The smallest absolute Gasteiger partial charge is 0.119 e. The van der Waals surface area contributed by atoms with Crippen LogP contribution in [0, 0.1) is 0 Å². The summed E-state index contributed by atoms with van der Waals surface area (Å²) in [6, 6.07) is 8.75. The Hall–Kier alpha value is -1.22. The van der Waals surface area contributed by atoms with E-state index in [1.54, 1.807) is 0 Å². The minimum Gasteiger partial charge on any atom is -0.494 e. The van der Waals surface area contributed by atoms with E-state index in [0.717, 1.165) is 37.3 Å². The van der Waals surface area contributed by atoms with Crippen LogP contribution < -0.4 is 10.1 Å². The number of rotatable bonds is 5. The third-order valence-corrected chi connectivity index (χ3v) is 3.40. The Morgan fingerprint density at radius 2 is 1.79 bits per heavy atom. The van der Waals surface area contributed by atoms with Gasteiger partial charge in [0.05, 0.1) is 18.8 Å². The molecule has 19 heavy (non-hydrogen) atoms. The first-order chi connectivity index (χ1) is 9.17.